The molecule has 8 heteroatoms. The number of ether oxygens (including phenoxy) is 2. The summed E-state index contributed by atoms with van der Waals surface area (Å²) in [5.74, 6) is -1.35. The number of thioether (sulfide) groups is 1. The first-order valence-electron chi connectivity index (χ1n) is 9.69. The van der Waals surface area contributed by atoms with Crippen molar-refractivity contribution in [1.29, 1.82) is 0 Å². The zero-order valence-electron chi connectivity index (χ0n) is 17.0. The van der Waals surface area contributed by atoms with Crippen molar-refractivity contribution < 1.29 is 23.9 Å². The highest BCUT2D eigenvalue weighted by Gasteiger charge is 2.45. The van der Waals surface area contributed by atoms with Crippen LogP contribution < -0.4 is 15.4 Å². The number of ketones is 1. The maximum atomic E-state index is 12.9. The van der Waals surface area contributed by atoms with Gasteiger partial charge in [0.05, 0.1) is 23.3 Å². The molecule has 0 unspecified atom stereocenters. The largest absolute Gasteiger partial charge is 0.462 e. The van der Waals surface area contributed by atoms with Gasteiger partial charge in [-0.3, -0.25) is 4.79 Å². The smallest absolute Gasteiger partial charge is 0.344 e. The molecule has 0 saturated carbocycles. The van der Waals surface area contributed by atoms with Gasteiger partial charge in [-0.25, -0.2) is 9.59 Å². The Kier molecular flexibility index (Phi) is 5.56. The van der Waals surface area contributed by atoms with E-state index < -0.39 is 23.8 Å². The molecule has 0 radical (unpaired) electrons. The number of nitrogens with two attached hydrogens (primary N) is 1. The predicted molar refractivity (Wildman–Crippen MR) is 117 cm³/mol. The standard InChI is InChI=1S/C23H20N2O5S/c1-3-29-22(27)17(13(2)26)21-25(14-9-5-4-6-10-14)19-15-11-7-8-12-16(15)30-23(28)18(19)20(24)31-21/h4-12,19H,3,24H2,1-2H3/b21-17-/t19-/m1/s1. The SMILES string of the molecule is CCOC(=O)/C(C(C)=O)=C1\SC(N)=C2C(=O)Oc3ccccc3[C@H]2N1c1ccccc1. The number of carbonyl (C=O) groups excluding carboxylic acids is 3. The minimum absolute atomic E-state index is 0.117. The number of esters is 2. The maximum absolute atomic E-state index is 12.9. The molecule has 0 spiro atoms. The Morgan fingerprint density at radius 1 is 1.13 bits per heavy atom. The van der Waals surface area contributed by atoms with Crippen molar-refractivity contribution in [3.8, 4) is 5.75 Å². The third-order valence-electron chi connectivity index (χ3n) is 4.94. The van der Waals surface area contributed by atoms with E-state index in [4.69, 9.17) is 15.2 Å². The van der Waals surface area contributed by atoms with E-state index in [1.807, 2.05) is 42.5 Å². The van der Waals surface area contributed by atoms with E-state index in [0.29, 0.717) is 22.0 Å². The van der Waals surface area contributed by atoms with E-state index in [1.54, 1.807) is 24.0 Å². The summed E-state index contributed by atoms with van der Waals surface area (Å²) in [7, 11) is 0. The van der Waals surface area contributed by atoms with Gasteiger partial charge in [0.15, 0.2) is 5.78 Å². The van der Waals surface area contributed by atoms with Gasteiger partial charge in [-0.2, -0.15) is 0 Å². The number of carbonyl (C=O) groups is 3. The zero-order chi connectivity index (χ0) is 22.1. The maximum Gasteiger partial charge on any atom is 0.344 e. The lowest BCUT2D eigenvalue weighted by molar-refractivity contribution is -0.139. The number of para-hydroxylation sites is 2. The predicted octanol–water partition coefficient (Wildman–Crippen LogP) is 3.43. The minimum Gasteiger partial charge on any atom is -0.462 e. The van der Waals surface area contributed by atoms with E-state index in [0.717, 1.165) is 11.8 Å². The van der Waals surface area contributed by atoms with Crippen LogP contribution in [0.15, 0.2) is 75.8 Å². The summed E-state index contributed by atoms with van der Waals surface area (Å²) in [6, 6.07) is 15.7. The normalized spacial score (nSPS) is 19.2. The number of nitrogens with zero attached hydrogens (tertiary/aromatic N) is 1. The van der Waals surface area contributed by atoms with E-state index in [9.17, 15) is 14.4 Å². The summed E-state index contributed by atoms with van der Waals surface area (Å²) in [5, 5.41) is 0.489. The fourth-order valence-electron chi connectivity index (χ4n) is 3.66. The molecule has 31 heavy (non-hydrogen) atoms. The van der Waals surface area contributed by atoms with Gasteiger partial charge in [0.25, 0.3) is 0 Å². The molecular formula is C23H20N2O5S. The third-order valence-corrected chi connectivity index (χ3v) is 5.97. The van der Waals surface area contributed by atoms with Gasteiger partial charge in [-0.1, -0.05) is 48.2 Å². The van der Waals surface area contributed by atoms with Crippen molar-refractivity contribution in [2.45, 2.75) is 19.9 Å². The van der Waals surface area contributed by atoms with E-state index in [-0.39, 0.29) is 22.8 Å². The molecule has 1 atom stereocenters. The molecule has 0 amide bonds. The second kappa shape index (κ2) is 8.31. The van der Waals surface area contributed by atoms with Crippen LogP contribution in [0.2, 0.25) is 0 Å². The molecule has 2 aromatic rings. The number of fused-ring (bicyclic) bond motifs is 3. The lowest BCUT2D eigenvalue weighted by Gasteiger charge is -2.42. The summed E-state index contributed by atoms with van der Waals surface area (Å²) in [6.45, 7) is 3.10. The van der Waals surface area contributed by atoms with Gasteiger partial charge in [0, 0.05) is 11.3 Å². The number of rotatable bonds is 4. The van der Waals surface area contributed by atoms with Crippen molar-refractivity contribution in [1.82, 2.24) is 0 Å². The van der Waals surface area contributed by atoms with Gasteiger partial charge in [-0.05, 0) is 32.0 Å². The molecule has 7 nitrogen and oxygen atoms in total. The van der Waals surface area contributed by atoms with Crippen molar-refractivity contribution >= 4 is 35.2 Å². The van der Waals surface area contributed by atoms with Crippen molar-refractivity contribution in [3.63, 3.8) is 0 Å². The second-order valence-electron chi connectivity index (χ2n) is 6.87. The lowest BCUT2D eigenvalue weighted by atomic mass is 9.93. The average molecular weight is 436 g/mol. The molecule has 158 valence electrons. The first kappa shape index (κ1) is 20.7. The highest BCUT2D eigenvalue weighted by molar-refractivity contribution is 8.07. The van der Waals surface area contributed by atoms with Gasteiger partial charge in [0.1, 0.15) is 16.4 Å². The summed E-state index contributed by atoms with van der Waals surface area (Å²) in [5.41, 5.74) is 7.84. The van der Waals surface area contributed by atoms with Gasteiger partial charge < -0.3 is 20.1 Å². The molecule has 0 bridgehead atoms. The molecule has 2 N–H and O–H groups in total. The van der Waals surface area contributed by atoms with Crippen LogP contribution in [0.5, 0.6) is 5.75 Å². The molecule has 2 aliphatic rings. The van der Waals surface area contributed by atoms with Crippen LogP contribution in [0.25, 0.3) is 0 Å². The van der Waals surface area contributed by atoms with Crippen LogP contribution >= 0.6 is 11.8 Å². The molecule has 0 aromatic heterocycles. The zero-order valence-corrected chi connectivity index (χ0v) is 17.8. The Morgan fingerprint density at radius 3 is 2.48 bits per heavy atom. The summed E-state index contributed by atoms with van der Waals surface area (Å²) >= 11 is 0.984. The number of anilines is 1. The van der Waals surface area contributed by atoms with Crippen LogP contribution in [-0.2, 0) is 19.1 Å². The first-order chi connectivity index (χ1) is 14.9. The number of hydrogen-bond acceptors (Lipinski definition) is 8. The number of benzene rings is 2. The minimum atomic E-state index is -0.735. The van der Waals surface area contributed by atoms with E-state index >= 15 is 0 Å². The van der Waals surface area contributed by atoms with Gasteiger partial charge >= 0.3 is 11.9 Å². The first-order valence-corrected chi connectivity index (χ1v) is 10.5. The summed E-state index contributed by atoms with van der Waals surface area (Å²) in [4.78, 5) is 39.9. The molecule has 0 saturated heterocycles. The molecular weight excluding hydrogens is 416 g/mol. The Balaban J connectivity index is 2.05. The molecule has 4 rings (SSSR count). The van der Waals surface area contributed by atoms with E-state index in [1.165, 1.54) is 6.92 Å². The topological polar surface area (TPSA) is 98.9 Å². The quantitative estimate of drug-likeness (QED) is 0.256. The summed E-state index contributed by atoms with van der Waals surface area (Å²) in [6.07, 6.45) is 0. The molecule has 2 heterocycles. The van der Waals surface area contributed by atoms with Crippen LogP contribution in [0.1, 0.15) is 25.5 Å². The Bertz CT molecular complexity index is 1140. The third kappa shape index (κ3) is 3.59. The van der Waals surface area contributed by atoms with Crippen LogP contribution in [0.3, 0.4) is 0 Å². The van der Waals surface area contributed by atoms with Crippen molar-refractivity contribution in [3.05, 3.63) is 81.4 Å². The fourth-order valence-corrected chi connectivity index (χ4v) is 4.81. The van der Waals surface area contributed by atoms with Crippen LogP contribution in [0, 0.1) is 0 Å². The van der Waals surface area contributed by atoms with Gasteiger partial charge in [-0.15, -0.1) is 0 Å². The molecule has 2 aliphatic heterocycles. The second-order valence-corrected chi connectivity index (χ2v) is 7.90. The number of Topliss-reactive ketones (excluding diaryl/α,β-unsaturated/α-hetero) is 1. The Hall–Kier alpha value is -3.52. The molecule has 2 aromatic carbocycles. The van der Waals surface area contributed by atoms with Crippen LogP contribution in [0.4, 0.5) is 5.69 Å². The monoisotopic (exact) mass is 436 g/mol. The fraction of sp³-hybridized carbons (Fsp3) is 0.174. The van der Waals surface area contributed by atoms with Crippen molar-refractivity contribution in [2.24, 2.45) is 5.73 Å². The Labute approximate surface area is 183 Å². The van der Waals surface area contributed by atoms with Crippen LogP contribution in [-0.4, -0.2) is 24.3 Å². The highest BCUT2D eigenvalue weighted by Crippen LogP contribution is 2.52. The molecule has 0 fully saturated rings. The van der Waals surface area contributed by atoms with E-state index in [2.05, 4.69) is 0 Å². The number of hydrogen-bond donors (Lipinski definition) is 1. The Morgan fingerprint density at radius 2 is 1.81 bits per heavy atom. The lowest BCUT2D eigenvalue weighted by Crippen LogP contribution is -2.41. The molecule has 0 aliphatic carbocycles. The summed E-state index contributed by atoms with van der Waals surface area (Å²) < 4.78 is 10.7. The van der Waals surface area contributed by atoms with Crippen molar-refractivity contribution in [2.75, 3.05) is 11.5 Å². The van der Waals surface area contributed by atoms with Gasteiger partial charge in [0.2, 0.25) is 0 Å². The highest BCUT2D eigenvalue weighted by atomic mass is 32.2. The average Bonchev–Trinajstić information content (AvgIpc) is 2.74.